The van der Waals surface area contributed by atoms with Gasteiger partial charge < -0.3 is 16.0 Å². The molecule has 1 aromatic rings. The van der Waals surface area contributed by atoms with E-state index in [1.165, 1.54) is 6.42 Å². The number of nitrogens with one attached hydrogen (secondary N) is 1. The highest BCUT2D eigenvalue weighted by molar-refractivity contribution is 5.39. The van der Waals surface area contributed by atoms with E-state index >= 15 is 0 Å². The monoisotopic (exact) mass is 223 g/mol. The first-order chi connectivity index (χ1) is 7.77. The molecule has 0 saturated heterocycles. The molecule has 0 aromatic carbocycles. The van der Waals surface area contributed by atoms with Crippen LogP contribution in [-0.2, 0) is 0 Å². The number of rotatable bonds is 7. The maximum atomic E-state index is 5.52. The van der Waals surface area contributed by atoms with E-state index in [4.69, 9.17) is 5.73 Å². The maximum absolute atomic E-state index is 5.52. The van der Waals surface area contributed by atoms with Crippen molar-refractivity contribution in [3.63, 3.8) is 0 Å². The molecule has 0 saturated carbocycles. The molecule has 0 bridgehead atoms. The molecule has 0 fully saturated rings. The molecule has 0 aliphatic heterocycles. The van der Waals surface area contributed by atoms with Crippen molar-refractivity contribution < 1.29 is 0 Å². The van der Waals surface area contributed by atoms with E-state index in [1.807, 2.05) is 7.05 Å². The first kappa shape index (κ1) is 12.7. The van der Waals surface area contributed by atoms with Crippen molar-refractivity contribution in [1.82, 2.24) is 15.3 Å². The predicted molar refractivity (Wildman–Crippen MR) is 67.5 cm³/mol. The van der Waals surface area contributed by atoms with E-state index < -0.39 is 0 Å². The SMILES string of the molecule is CCCCN(CCNC)c1cnc(N)cn1. The number of anilines is 2. The van der Waals surface area contributed by atoms with Gasteiger partial charge in [-0.3, -0.25) is 0 Å². The molecule has 3 N–H and O–H groups in total. The Labute approximate surface area is 97.1 Å². The lowest BCUT2D eigenvalue weighted by molar-refractivity contribution is 0.676. The first-order valence-corrected chi connectivity index (χ1v) is 5.75. The van der Waals surface area contributed by atoms with Crippen LogP contribution in [0.25, 0.3) is 0 Å². The minimum absolute atomic E-state index is 0.466. The van der Waals surface area contributed by atoms with Gasteiger partial charge in [-0.25, -0.2) is 9.97 Å². The minimum Gasteiger partial charge on any atom is -0.382 e. The van der Waals surface area contributed by atoms with Crippen molar-refractivity contribution in [2.45, 2.75) is 19.8 Å². The molecule has 0 aliphatic carbocycles. The van der Waals surface area contributed by atoms with Gasteiger partial charge in [-0.2, -0.15) is 0 Å². The van der Waals surface area contributed by atoms with Gasteiger partial charge in [-0.15, -0.1) is 0 Å². The van der Waals surface area contributed by atoms with E-state index in [0.29, 0.717) is 5.82 Å². The molecular formula is C11H21N5. The van der Waals surface area contributed by atoms with Gasteiger partial charge in [0.25, 0.3) is 0 Å². The zero-order valence-corrected chi connectivity index (χ0v) is 10.1. The maximum Gasteiger partial charge on any atom is 0.147 e. The van der Waals surface area contributed by atoms with E-state index in [-0.39, 0.29) is 0 Å². The van der Waals surface area contributed by atoms with Crippen LogP contribution in [0.2, 0.25) is 0 Å². The minimum atomic E-state index is 0.466. The normalized spacial score (nSPS) is 10.4. The molecule has 1 rings (SSSR count). The van der Waals surface area contributed by atoms with Crippen molar-refractivity contribution in [2.24, 2.45) is 0 Å². The molecular weight excluding hydrogens is 202 g/mol. The quantitative estimate of drug-likeness (QED) is 0.718. The summed E-state index contributed by atoms with van der Waals surface area (Å²) in [6.45, 7) is 5.08. The standard InChI is InChI=1S/C11H21N5/c1-3-4-6-16(7-5-13-2)11-9-14-10(12)8-15-11/h8-9,13H,3-7H2,1-2H3,(H2,12,14). The highest BCUT2D eigenvalue weighted by Gasteiger charge is 2.06. The van der Waals surface area contributed by atoms with Crippen LogP contribution in [0.1, 0.15) is 19.8 Å². The lowest BCUT2D eigenvalue weighted by atomic mass is 10.3. The Morgan fingerprint density at radius 3 is 2.69 bits per heavy atom. The average Bonchev–Trinajstić information content (AvgIpc) is 2.31. The molecule has 0 unspecified atom stereocenters. The van der Waals surface area contributed by atoms with Gasteiger partial charge in [0.15, 0.2) is 0 Å². The summed E-state index contributed by atoms with van der Waals surface area (Å²) in [6, 6.07) is 0. The van der Waals surface area contributed by atoms with Crippen LogP contribution in [0.5, 0.6) is 0 Å². The fraction of sp³-hybridized carbons (Fsp3) is 0.636. The number of hydrogen-bond donors (Lipinski definition) is 2. The summed E-state index contributed by atoms with van der Waals surface area (Å²) in [5.41, 5.74) is 5.52. The number of unbranched alkanes of at least 4 members (excludes halogenated alkanes) is 1. The zero-order valence-electron chi connectivity index (χ0n) is 10.1. The molecule has 0 atom stereocenters. The Hall–Kier alpha value is -1.36. The highest BCUT2D eigenvalue weighted by Crippen LogP contribution is 2.10. The Morgan fingerprint density at radius 2 is 2.12 bits per heavy atom. The summed E-state index contributed by atoms with van der Waals surface area (Å²) in [6.07, 6.45) is 5.68. The summed E-state index contributed by atoms with van der Waals surface area (Å²) in [4.78, 5) is 10.6. The molecule has 0 radical (unpaired) electrons. The summed E-state index contributed by atoms with van der Waals surface area (Å²) in [5, 5.41) is 3.14. The van der Waals surface area contributed by atoms with E-state index in [2.05, 4.69) is 27.1 Å². The van der Waals surface area contributed by atoms with Gasteiger partial charge in [0.05, 0.1) is 12.4 Å². The number of nitrogen functional groups attached to an aromatic ring is 1. The smallest absolute Gasteiger partial charge is 0.147 e. The lowest BCUT2D eigenvalue weighted by Crippen LogP contribution is -2.32. The Balaban J connectivity index is 2.62. The van der Waals surface area contributed by atoms with E-state index in [0.717, 1.165) is 31.9 Å². The second-order valence-electron chi connectivity index (χ2n) is 3.74. The highest BCUT2D eigenvalue weighted by atomic mass is 15.2. The van der Waals surface area contributed by atoms with Crippen molar-refractivity contribution in [3.8, 4) is 0 Å². The van der Waals surface area contributed by atoms with E-state index in [1.54, 1.807) is 12.4 Å². The van der Waals surface area contributed by atoms with Crippen LogP contribution in [0.3, 0.4) is 0 Å². The number of nitrogens with zero attached hydrogens (tertiary/aromatic N) is 3. The second kappa shape index (κ2) is 7.00. The summed E-state index contributed by atoms with van der Waals surface area (Å²) in [5.74, 6) is 1.37. The molecule has 0 spiro atoms. The number of likely N-dealkylation sites (N-methyl/N-ethyl adjacent to an activating group) is 1. The van der Waals surface area contributed by atoms with Crippen molar-refractivity contribution >= 4 is 11.6 Å². The molecule has 0 amide bonds. The molecule has 5 nitrogen and oxygen atoms in total. The number of aromatic nitrogens is 2. The largest absolute Gasteiger partial charge is 0.382 e. The van der Waals surface area contributed by atoms with E-state index in [9.17, 15) is 0 Å². The van der Waals surface area contributed by atoms with Gasteiger partial charge in [-0.1, -0.05) is 13.3 Å². The van der Waals surface area contributed by atoms with Crippen LogP contribution in [0.15, 0.2) is 12.4 Å². The van der Waals surface area contributed by atoms with Crippen molar-refractivity contribution in [3.05, 3.63) is 12.4 Å². The molecule has 90 valence electrons. The third-order valence-electron chi connectivity index (χ3n) is 2.40. The van der Waals surface area contributed by atoms with Crippen molar-refractivity contribution in [1.29, 1.82) is 0 Å². The molecule has 0 aliphatic rings. The molecule has 1 aromatic heterocycles. The Bertz CT molecular complexity index is 277. The second-order valence-corrected chi connectivity index (χ2v) is 3.74. The van der Waals surface area contributed by atoms with Crippen LogP contribution in [0.4, 0.5) is 11.6 Å². The van der Waals surface area contributed by atoms with Crippen LogP contribution in [0, 0.1) is 0 Å². The Kier molecular flexibility index (Phi) is 5.56. The predicted octanol–water partition coefficient (Wildman–Crippen LogP) is 0.885. The topological polar surface area (TPSA) is 67.1 Å². The lowest BCUT2D eigenvalue weighted by Gasteiger charge is -2.23. The first-order valence-electron chi connectivity index (χ1n) is 5.75. The van der Waals surface area contributed by atoms with Crippen LogP contribution >= 0.6 is 0 Å². The van der Waals surface area contributed by atoms with Gasteiger partial charge >= 0.3 is 0 Å². The molecule has 5 heteroatoms. The number of nitrogens with two attached hydrogens (primary N) is 1. The van der Waals surface area contributed by atoms with Crippen molar-refractivity contribution in [2.75, 3.05) is 37.3 Å². The zero-order chi connectivity index (χ0) is 11.8. The van der Waals surface area contributed by atoms with Crippen LogP contribution < -0.4 is 16.0 Å². The van der Waals surface area contributed by atoms with Gasteiger partial charge in [0.1, 0.15) is 11.6 Å². The fourth-order valence-corrected chi connectivity index (χ4v) is 1.43. The van der Waals surface area contributed by atoms with Gasteiger partial charge in [0, 0.05) is 19.6 Å². The fourth-order valence-electron chi connectivity index (χ4n) is 1.43. The third kappa shape index (κ3) is 4.02. The third-order valence-corrected chi connectivity index (χ3v) is 2.40. The Morgan fingerprint density at radius 1 is 1.31 bits per heavy atom. The summed E-state index contributed by atoms with van der Waals surface area (Å²) >= 11 is 0. The average molecular weight is 223 g/mol. The molecule has 16 heavy (non-hydrogen) atoms. The van der Waals surface area contributed by atoms with Gasteiger partial charge in [0.2, 0.25) is 0 Å². The number of hydrogen-bond acceptors (Lipinski definition) is 5. The summed E-state index contributed by atoms with van der Waals surface area (Å²) < 4.78 is 0. The summed E-state index contributed by atoms with van der Waals surface area (Å²) in [7, 11) is 1.95. The van der Waals surface area contributed by atoms with Crippen LogP contribution in [-0.4, -0.2) is 36.6 Å². The van der Waals surface area contributed by atoms with Gasteiger partial charge in [-0.05, 0) is 13.5 Å². The molecule has 1 heterocycles.